The highest BCUT2D eigenvalue weighted by Gasteiger charge is 2.05. The fraction of sp³-hybridized carbons (Fsp3) is 0.353. The van der Waals surface area contributed by atoms with Crippen LogP contribution in [0.4, 0.5) is 0 Å². The number of rotatable bonds is 6. The third-order valence-corrected chi connectivity index (χ3v) is 3.18. The maximum Gasteiger partial charge on any atom is 0.311 e. The van der Waals surface area contributed by atoms with E-state index in [0.29, 0.717) is 12.2 Å². The second-order valence-corrected chi connectivity index (χ2v) is 4.85. The quantitative estimate of drug-likeness (QED) is 0.598. The van der Waals surface area contributed by atoms with E-state index in [9.17, 15) is 4.79 Å². The Kier molecular flexibility index (Phi) is 5.43. The molecule has 0 N–H and O–H groups in total. The molecular weight excluding hydrogens is 264 g/mol. The number of benzene rings is 1. The normalized spacial score (nSPS) is 10.4. The second-order valence-electron chi connectivity index (χ2n) is 4.85. The molecule has 1 aromatic carbocycles. The van der Waals surface area contributed by atoms with Crippen molar-refractivity contribution in [1.82, 2.24) is 9.97 Å². The molecule has 4 heteroatoms. The summed E-state index contributed by atoms with van der Waals surface area (Å²) in [5.41, 5.74) is 2.75. The summed E-state index contributed by atoms with van der Waals surface area (Å²) in [5.74, 6) is 0.384. The highest BCUT2D eigenvalue weighted by Crippen LogP contribution is 2.20. The number of ether oxygens (including phenoxy) is 1. The van der Waals surface area contributed by atoms with Crippen molar-refractivity contribution in [3.8, 4) is 17.0 Å². The minimum Gasteiger partial charge on any atom is -0.427 e. The lowest BCUT2D eigenvalue weighted by Crippen LogP contribution is -2.07. The Balaban J connectivity index is 2.02. The van der Waals surface area contributed by atoms with Crippen LogP contribution in [-0.4, -0.2) is 15.9 Å². The van der Waals surface area contributed by atoms with Crippen LogP contribution in [0, 0.1) is 0 Å². The molecule has 0 spiro atoms. The third-order valence-electron chi connectivity index (χ3n) is 3.18. The molecule has 1 aromatic heterocycles. The predicted octanol–water partition coefficient (Wildman–Crippen LogP) is 3.80. The molecule has 0 unspecified atom stereocenters. The molecule has 0 aliphatic heterocycles. The van der Waals surface area contributed by atoms with E-state index in [1.54, 1.807) is 24.5 Å². The SMILES string of the molecule is CCCCC(=O)Oc1ccc(-c2cnc(CC)cn2)cc1. The van der Waals surface area contributed by atoms with E-state index in [-0.39, 0.29) is 5.97 Å². The maximum absolute atomic E-state index is 11.6. The van der Waals surface area contributed by atoms with E-state index in [1.165, 1.54) is 0 Å². The summed E-state index contributed by atoms with van der Waals surface area (Å²) in [4.78, 5) is 20.3. The zero-order chi connectivity index (χ0) is 15.1. The van der Waals surface area contributed by atoms with Gasteiger partial charge in [-0.25, -0.2) is 0 Å². The Morgan fingerprint density at radius 2 is 1.86 bits per heavy atom. The van der Waals surface area contributed by atoms with Gasteiger partial charge in [0, 0.05) is 18.2 Å². The first-order valence-corrected chi connectivity index (χ1v) is 7.35. The van der Waals surface area contributed by atoms with Gasteiger partial charge in [-0.05, 0) is 37.1 Å². The number of hydrogen-bond acceptors (Lipinski definition) is 4. The number of nitrogens with zero attached hydrogens (tertiary/aromatic N) is 2. The zero-order valence-electron chi connectivity index (χ0n) is 12.5. The summed E-state index contributed by atoms with van der Waals surface area (Å²) in [5, 5.41) is 0. The molecule has 0 aliphatic carbocycles. The summed E-state index contributed by atoms with van der Waals surface area (Å²) in [7, 11) is 0. The van der Waals surface area contributed by atoms with E-state index in [1.807, 2.05) is 26.0 Å². The molecule has 0 bridgehead atoms. The van der Waals surface area contributed by atoms with Crippen molar-refractivity contribution in [2.45, 2.75) is 39.5 Å². The van der Waals surface area contributed by atoms with Crippen molar-refractivity contribution in [3.05, 3.63) is 42.4 Å². The van der Waals surface area contributed by atoms with Crippen LogP contribution in [0.2, 0.25) is 0 Å². The van der Waals surface area contributed by atoms with Crippen molar-refractivity contribution in [1.29, 1.82) is 0 Å². The van der Waals surface area contributed by atoms with E-state index in [0.717, 1.165) is 36.2 Å². The molecule has 0 aliphatic rings. The van der Waals surface area contributed by atoms with E-state index in [4.69, 9.17) is 4.74 Å². The number of carbonyl (C=O) groups is 1. The topological polar surface area (TPSA) is 52.1 Å². The lowest BCUT2D eigenvalue weighted by molar-refractivity contribution is -0.134. The summed E-state index contributed by atoms with van der Waals surface area (Å²) in [6.07, 6.45) is 6.73. The minimum absolute atomic E-state index is 0.184. The predicted molar refractivity (Wildman–Crippen MR) is 82.0 cm³/mol. The summed E-state index contributed by atoms with van der Waals surface area (Å²) in [6.45, 7) is 4.10. The van der Waals surface area contributed by atoms with Gasteiger partial charge in [-0.15, -0.1) is 0 Å². The average Bonchev–Trinajstić information content (AvgIpc) is 2.54. The molecule has 2 aromatic rings. The Morgan fingerprint density at radius 1 is 1.10 bits per heavy atom. The fourth-order valence-corrected chi connectivity index (χ4v) is 1.88. The first-order chi connectivity index (χ1) is 10.2. The van der Waals surface area contributed by atoms with E-state index in [2.05, 4.69) is 9.97 Å². The lowest BCUT2D eigenvalue weighted by Gasteiger charge is -2.05. The number of hydrogen-bond donors (Lipinski definition) is 0. The van der Waals surface area contributed by atoms with Gasteiger partial charge in [-0.1, -0.05) is 20.3 Å². The highest BCUT2D eigenvalue weighted by molar-refractivity contribution is 5.72. The molecule has 0 fully saturated rings. The van der Waals surface area contributed by atoms with Crippen molar-refractivity contribution in [2.75, 3.05) is 0 Å². The number of aryl methyl sites for hydroxylation is 1. The number of unbranched alkanes of at least 4 members (excludes halogenated alkanes) is 1. The Bertz CT molecular complexity index is 577. The standard InChI is InChI=1S/C17H20N2O2/c1-3-5-6-17(20)21-15-9-7-13(8-10-15)16-12-18-14(4-2)11-19-16/h7-12H,3-6H2,1-2H3. The molecule has 0 radical (unpaired) electrons. The van der Waals surface area contributed by atoms with Crippen LogP contribution in [0.15, 0.2) is 36.7 Å². The number of esters is 1. The van der Waals surface area contributed by atoms with Crippen molar-refractivity contribution in [3.63, 3.8) is 0 Å². The van der Waals surface area contributed by atoms with Crippen molar-refractivity contribution in [2.24, 2.45) is 0 Å². The van der Waals surface area contributed by atoms with Gasteiger partial charge in [0.25, 0.3) is 0 Å². The number of aromatic nitrogens is 2. The largest absolute Gasteiger partial charge is 0.427 e. The van der Waals surface area contributed by atoms with E-state index >= 15 is 0 Å². The Hall–Kier alpha value is -2.23. The lowest BCUT2D eigenvalue weighted by atomic mass is 10.1. The van der Waals surface area contributed by atoms with Gasteiger partial charge >= 0.3 is 5.97 Å². The van der Waals surface area contributed by atoms with Crippen LogP contribution in [0.25, 0.3) is 11.3 Å². The van der Waals surface area contributed by atoms with E-state index < -0.39 is 0 Å². The Morgan fingerprint density at radius 3 is 2.43 bits per heavy atom. The van der Waals surface area contributed by atoms with Gasteiger partial charge < -0.3 is 4.74 Å². The molecule has 0 amide bonds. The molecule has 0 saturated heterocycles. The van der Waals surface area contributed by atoms with Gasteiger partial charge in [0.2, 0.25) is 0 Å². The molecule has 0 atom stereocenters. The average molecular weight is 284 g/mol. The first kappa shape index (κ1) is 15.2. The molecule has 4 nitrogen and oxygen atoms in total. The summed E-state index contributed by atoms with van der Waals surface area (Å²) in [6, 6.07) is 7.35. The second kappa shape index (κ2) is 7.53. The maximum atomic E-state index is 11.6. The molecule has 2 rings (SSSR count). The summed E-state index contributed by atoms with van der Waals surface area (Å²) < 4.78 is 5.27. The van der Waals surface area contributed by atoms with Crippen LogP contribution in [-0.2, 0) is 11.2 Å². The van der Waals surface area contributed by atoms with Crippen LogP contribution in [0.5, 0.6) is 5.75 Å². The van der Waals surface area contributed by atoms with Crippen LogP contribution in [0.1, 0.15) is 38.8 Å². The minimum atomic E-state index is -0.184. The monoisotopic (exact) mass is 284 g/mol. The fourth-order valence-electron chi connectivity index (χ4n) is 1.88. The molecule has 1 heterocycles. The van der Waals surface area contributed by atoms with Crippen LogP contribution in [0.3, 0.4) is 0 Å². The molecular formula is C17H20N2O2. The third kappa shape index (κ3) is 4.38. The van der Waals surface area contributed by atoms with Gasteiger partial charge in [0.15, 0.2) is 0 Å². The highest BCUT2D eigenvalue weighted by atomic mass is 16.5. The smallest absolute Gasteiger partial charge is 0.311 e. The zero-order valence-corrected chi connectivity index (χ0v) is 12.5. The van der Waals surface area contributed by atoms with Gasteiger partial charge in [-0.3, -0.25) is 14.8 Å². The van der Waals surface area contributed by atoms with Gasteiger partial charge in [-0.2, -0.15) is 0 Å². The molecule has 21 heavy (non-hydrogen) atoms. The van der Waals surface area contributed by atoms with Crippen molar-refractivity contribution < 1.29 is 9.53 Å². The number of carbonyl (C=O) groups excluding carboxylic acids is 1. The Labute approximate surface area is 125 Å². The molecule has 0 saturated carbocycles. The first-order valence-electron chi connectivity index (χ1n) is 7.35. The van der Waals surface area contributed by atoms with Crippen molar-refractivity contribution >= 4 is 5.97 Å². The van der Waals surface area contributed by atoms with Crippen LogP contribution >= 0.6 is 0 Å². The van der Waals surface area contributed by atoms with Gasteiger partial charge in [0.05, 0.1) is 17.6 Å². The molecule has 110 valence electrons. The van der Waals surface area contributed by atoms with Gasteiger partial charge in [0.1, 0.15) is 5.75 Å². The van der Waals surface area contributed by atoms with Crippen LogP contribution < -0.4 is 4.74 Å². The summed E-state index contributed by atoms with van der Waals surface area (Å²) >= 11 is 0.